The molecule has 0 spiro atoms. The van der Waals surface area contributed by atoms with Gasteiger partial charge in [-0.25, -0.2) is 4.68 Å². The maximum Gasteiger partial charge on any atom is 0.120 e. The molecule has 0 aliphatic carbocycles. The van der Waals surface area contributed by atoms with Crippen LogP contribution in [0.15, 0.2) is 67.0 Å². The smallest absolute Gasteiger partial charge is 0.120 e. The number of hydrogen-bond acceptors (Lipinski definition) is 3. The molecule has 0 aliphatic heterocycles. The minimum absolute atomic E-state index is 0.840. The Morgan fingerprint density at radius 3 is 2.59 bits per heavy atom. The van der Waals surface area contributed by atoms with Crippen molar-refractivity contribution in [2.75, 3.05) is 19.1 Å². The van der Waals surface area contributed by atoms with Crippen LogP contribution in [0.25, 0.3) is 5.69 Å². The van der Waals surface area contributed by atoms with Gasteiger partial charge in [-0.05, 0) is 35.9 Å². The van der Waals surface area contributed by atoms with Crippen molar-refractivity contribution < 1.29 is 4.74 Å². The second kappa shape index (κ2) is 6.35. The Balaban J connectivity index is 1.72. The van der Waals surface area contributed by atoms with E-state index < -0.39 is 0 Å². The summed E-state index contributed by atoms with van der Waals surface area (Å²) in [5.74, 6) is 0.874. The van der Waals surface area contributed by atoms with E-state index in [1.54, 1.807) is 13.3 Å². The van der Waals surface area contributed by atoms with Gasteiger partial charge in [0, 0.05) is 37.7 Å². The number of nitrogens with zero attached hydrogens (tertiary/aromatic N) is 3. The summed E-state index contributed by atoms with van der Waals surface area (Å²) in [5, 5.41) is 4.24. The van der Waals surface area contributed by atoms with Crippen molar-refractivity contribution in [3.63, 3.8) is 0 Å². The van der Waals surface area contributed by atoms with Crippen molar-refractivity contribution in [1.82, 2.24) is 9.78 Å². The van der Waals surface area contributed by atoms with Crippen LogP contribution in [-0.4, -0.2) is 23.9 Å². The minimum Gasteiger partial charge on any atom is -0.497 e. The van der Waals surface area contributed by atoms with Crippen LogP contribution < -0.4 is 9.64 Å². The van der Waals surface area contributed by atoms with Crippen LogP contribution in [0.3, 0.4) is 0 Å². The van der Waals surface area contributed by atoms with Crippen LogP contribution in [0.1, 0.15) is 5.56 Å². The van der Waals surface area contributed by atoms with Gasteiger partial charge < -0.3 is 9.64 Å². The van der Waals surface area contributed by atoms with Gasteiger partial charge in [0.1, 0.15) is 5.75 Å². The molecule has 0 radical (unpaired) electrons. The molecular weight excluding hydrogens is 274 g/mol. The lowest BCUT2D eigenvalue weighted by Gasteiger charge is -2.20. The van der Waals surface area contributed by atoms with Gasteiger partial charge in [0.05, 0.1) is 12.8 Å². The van der Waals surface area contributed by atoms with Crippen LogP contribution in [0.5, 0.6) is 5.75 Å². The summed E-state index contributed by atoms with van der Waals surface area (Å²) < 4.78 is 7.13. The van der Waals surface area contributed by atoms with Crippen LogP contribution >= 0.6 is 0 Å². The van der Waals surface area contributed by atoms with Crippen LogP contribution in [0, 0.1) is 0 Å². The predicted octanol–water partition coefficient (Wildman–Crippen LogP) is 3.52. The van der Waals surface area contributed by atoms with Gasteiger partial charge in [0.25, 0.3) is 0 Å². The quantitative estimate of drug-likeness (QED) is 0.721. The lowest BCUT2D eigenvalue weighted by atomic mass is 10.2. The van der Waals surface area contributed by atoms with E-state index in [2.05, 4.69) is 47.4 Å². The van der Waals surface area contributed by atoms with Crippen molar-refractivity contribution in [2.24, 2.45) is 0 Å². The molecule has 1 aromatic heterocycles. The molecule has 0 fully saturated rings. The average Bonchev–Trinajstić information content (AvgIpc) is 3.10. The molecule has 1 heterocycles. The van der Waals surface area contributed by atoms with Crippen molar-refractivity contribution in [1.29, 1.82) is 0 Å². The fourth-order valence-corrected chi connectivity index (χ4v) is 2.39. The number of aromatic nitrogens is 2. The fraction of sp³-hybridized carbons (Fsp3) is 0.167. The lowest BCUT2D eigenvalue weighted by Crippen LogP contribution is -2.16. The summed E-state index contributed by atoms with van der Waals surface area (Å²) in [7, 11) is 3.77. The van der Waals surface area contributed by atoms with E-state index in [1.165, 1.54) is 5.56 Å². The number of anilines is 1. The number of methoxy groups -OCH3 is 1. The highest BCUT2D eigenvalue weighted by atomic mass is 16.5. The third-order valence-electron chi connectivity index (χ3n) is 3.62. The zero-order valence-corrected chi connectivity index (χ0v) is 12.8. The molecule has 0 unspecified atom stereocenters. The van der Waals surface area contributed by atoms with Crippen molar-refractivity contribution >= 4 is 5.69 Å². The highest BCUT2D eigenvalue weighted by molar-refractivity contribution is 5.50. The molecule has 2 aromatic carbocycles. The SMILES string of the molecule is COc1cccc(N(C)Cc2ccc(-n3cccn3)cc2)c1. The Kier molecular flexibility index (Phi) is 4.10. The molecule has 0 saturated carbocycles. The highest BCUT2D eigenvalue weighted by Crippen LogP contribution is 2.21. The second-order valence-electron chi connectivity index (χ2n) is 5.17. The van der Waals surface area contributed by atoms with E-state index >= 15 is 0 Å². The molecule has 0 N–H and O–H groups in total. The first kappa shape index (κ1) is 14.2. The zero-order chi connectivity index (χ0) is 15.4. The Morgan fingerprint density at radius 1 is 1.09 bits per heavy atom. The molecular formula is C18H19N3O. The van der Waals surface area contributed by atoms with Gasteiger partial charge in [-0.15, -0.1) is 0 Å². The summed E-state index contributed by atoms with van der Waals surface area (Å²) in [5.41, 5.74) is 3.45. The predicted molar refractivity (Wildman–Crippen MR) is 88.7 cm³/mol. The summed E-state index contributed by atoms with van der Waals surface area (Å²) in [6, 6.07) is 18.4. The van der Waals surface area contributed by atoms with E-state index in [0.29, 0.717) is 0 Å². The van der Waals surface area contributed by atoms with Gasteiger partial charge >= 0.3 is 0 Å². The molecule has 0 bridgehead atoms. The zero-order valence-electron chi connectivity index (χ0n) is 12.8. The topological polar surface area (TPSA) is 30.3 Å². The summed E-state index contributed by atoms with van der Waals surface area (Å²) in [6.45, 7) is 0.840. The van der Waals surface area contributed by atoms with E-state index in [9.17, 15) is 0 Å². The molecule has 0 saturated heterocycles. The normalized spacial score (nSPS) is 10.5. The summed E-state index contributed by atoms with van der Waals surface area (Å²) in [4.78, 5) is 2.20. The second-order valence-corrected chi connectivity index (χ2v) is 5.17. The third-order valence-corrected chi connectivity index (χ3v) is 3.62. The highest BCUT2D eigenvalue weighted by Gasteiger charge is 2.04. The maximum atomic E-state index is 5.28. The first-order valence-corrected chi connectivity index (χ1v) is 7.20. The molecule has 4 heteroatoms. The molecule has 4 nitrogen and oxygen atoms in total. The number of rotatable bonds is 5. The van der Waals surface area contributed by atoms with Crippen molar-refractivity contribution in [3.05, 3.63) is 72.6 Å². The van der Waals surface area contributed by atoms with Gasteiger partial charge in [-0.1, -0.05) is 18.2 Å². The Morgan fingerprint density at radius 2 is 1.91 bits per heavy atom. The molecule has 22 heavy (non-hydrogen) atoms. The number of hydrogen-bond donors (Lipinski definition) is 0. The van der Waals surface area contributed by atoms with E-state index in [0.717, 1.165) is 23.7 Å². The molecule has 112 valence electrons. The molecule has 0 aliphatic rings. The molecule has 3 aromatic rings. The van der Waals surface area contributed by atoms with Crippen molar-refractivity contribution in [3.8, 4) is 11.4 Å². The third kappa shape index (κ3) is 3.11. The Labute approximate surface area is 130 Å². The molecule has 0 amide bonds. The number of ether oxygens (including phenoxy) is 1. The lowest BCUT2D eigenvalue weighted by molar-refractivity contribution is 0.415. The van der Waals surface area contributed by atoms with Gasteiger partial charge in [-0.2, -0.15) is 5.10 Å². The fourth-order valence-electron chi connectivity index (χ4n) is 2.39. The molecule has 0 atom stereocenters. The van der Waals surface area contributed by atoms with Gasteiger partial charge in [0.2, 0.25) is 0 Å². The first-order valence-electron chi connectivity index (χ1n) is 7.20. The summed E-state index contributed by atoms with van der Waals surface area (Å²) in [6.07, 6.45) is 3.72. The minimum atomic E-state index is 0.840. The average molecular weight is 293 g/mol. The largest absolute Gasteiger partial charge is 0.497 e. The number of benzene rings is 2. The summed E-state index contributed by atoms with van der Waals surface area (Å²) >= 11 is 0. The first-order chi connectivity index (χ1) is 10.8. The Bertz CT molecular complexity index is 720. The Hall–Kier alpha value is -2.75. The van der Waals surface area contributed by atoms with E-state index in [4.69, 9.17) is 4.74 Å². The van der Waals surface area contributed by atoms with Crippen LogP contribution in [0.2, 0.25) is 0 Å². The molecule has 3 rings (SSSR count). The maximum absolute atomic E-state index is 5.28. The van der Waals surface area contributed by atoms with E-state index in [1.807, 2.05) is 35.1 Å². The van der Waals surface area contributed by atoms with E-state index in [-0.39, 0.29) is 0 Å². The van der Waals surface area contributed by atoms with Crippen LogP contribution in [-0.2, 0) is 6.54 Å². The van der Waals surface area contributed by atoms with Crippen LogP contribution in [0.4, 0.5) is 5.69 Å². The van der Waals surface area contributed by atoms with Gasteiger partial charge in [0.15, 0.2) is 0 Å². The monoisotopic (exact) mass is 293 g/mol. The van der Waals surface area contributed by atoms with Crippen molar-refractivity contribution in [2.45, 2.75) is 6.54 Å². The standard InChI is InChI=1S/C18H19N3O/c1-20(17-5-3-6-18(13-17)22-2)14-15-7-9-16(10-8-15)21-12-4-11-19-21/h3-13H,14H2,1-2H3. The van der Waals surface area contributed by atoms with Gasteiger partial charge in [-0.3, -0.25) is 0 Å².